The van der Waals surface area contributed by atoms with Gasteiger partial charge in [0.05, 0.1) is 26.0 Å². The molecule has 0 spiro atoms. The molecule has 32 heavy (non-hydrogen) atoms. The van der Waals surface area contributed by atoms with Crippen molar-refractivity contribution in [3.63, 3.8) is 0 Å². The number of carbonyl (C=O) groups excluding carboxylic acids is 1. The molecule has 0 aliphatic carbocycles. The number of anilines is 1. The van der Waals surface area contributed by atoms with Gasteiger partial charge in [-0.05, 0) is 47.1 Å². The summed E-state index contributed by atoms with van der Waals surface area (Å²) in [6.45, 7) is 9.61. The third-order valence-electron chi connectivity index (χ3n) is 4.51. The lowest BCUT2D eigenvalue weighted by molar-refractivity contribution is 0.0603. The molecule has 0 aromatic heterocycles. The molecular weight excluding hydrogens is 405 g/mol. The van der Waals surface area contributed by atoms with Gasteiger partial charge in [0.2, 0.25) is 0 Å². The third-order valence-corrected chi connectivity index (χ3v) is 4.51. The summed E-state index contributed by atoms with van der Waals surface area (Å²) in [6, 6.07) is 16.7. The fraction of sp³-hybridized carbons (Fsp3) is 0.240. The number of nitrogens with one attached hydrogen (secondary N) is 1. The number of rotatable bonds is 6. The van der Waals surface area contributed by atoms with Crippen molar-refractivity contribution in [2.45, 2.75) is 27.3 Å². The Hall–Kier alpha value is -3.29. The zero-order valence-corrected chi connectivity index (χ0v) is 19.4. The van der Waals surface area contributed by atoms with Crippen molar-refractivity contribution in [2.75, 3.05) is 19.5 Å². The second-order valence-corrected chi connectivity index (χ2v) is 6.53. The van der Waals surface area contributed by atoms with Crippen molar-refractivity contribution in [1.82, 2.24) is 0 Å². The van der Waals surface area contributed by atoms with Crippen LogP contribution in [0.25, 0.3) is 10.8 Å². The van der Waals surface area contributed by atoms with Gasteiger partial charge >= 0.3 is 13.1 Å². The van der Waals surface area contributed by atoms with Crippen molar-refractivity contribution in [1.29, 1.82) is 0 Å². The first kappa shape index (κ1) is 26.7. The van der Waals surface area contributed by atoms with E-state index in [1.54, 1.807) is 19.2 Å². The van der Waals surface area contributed by atoms with Crippen molar-refractivity contribution >= 4 is 35.0 Å². The molecule has 3 aromatic rings. The van der Waals surface area contributed by atoms with Crippen LogP contribution in [0.2, 0.25) is 0 Å². The molecule has 170 valence electrons. The molecule has 0 atom stereocenters. The number of aryl methyl sites for hydroxylation is 1. The van der Waals surface area contributed by atoms with Gasteiger partial charge in [-0.25, -0.2) is 4.79 Å². The highest BCUT2D eigenvalue weighted by Crippen LogP contribution is 2.28. The van der Waals surface area contributed by atoms with E-state index in [1.807, 2.05) is 63.2 Å². The van der Waals surface area contributed by atoms with E-state index in [4.69, 9.17) is 4.74 Å². The zero-order valence-electron chi connectivity index (χ0n) is 19.4. The monoisotopic (exact) mass is 437 g/mol. The summed E-state index contributed by atoms with van der Waals surface area (Å²) in [4.78, 5) is 12.1. The molecule has 0 unspecified atom stereocenters. The van der Waals surface area contributed by atoms with Crippen LogP contribution in [0.5, 0.6) is 0 Å². The summed E-state index contributed by atoms with van der Waals surface area (Å²) in [5, 5.41) is 24.1. The second-order valence-electron chi connectivity index (χ2n) is 6.53. The van der Waals surface area contributed by atoms with Gasteiger partial charge < -0.3 is 24.8 Å². The molecule has 0 saturated heterocycles. The van der Waals surface area contributed by atoms with Gasteiger partial charge in [-0.2, -0.15) is 0 Å². The Morgan fingerprint density at radius 1 is 1.06 bits per heavy atom. The molecule has 0 saturated carbocycles. The first-order chi connectivity index (χ1) is 15.4. The Morgan fingerprint density at radius 3 is 2.31 bits per heavy atom. The molecule has 0 fully saturated rings. The van der Waals surface area contributed by atoms with Crippen LogP contribution in [0.1, 0.15) is 35.3 Å². The molecule has 0 heterocycles. The number of esters is 1. The van der Waals surface area contributed by atoms with E-state index in [0.717, 1.165) is 27.6 Å². The van der Waals surface area contributed by atoms with Gasteiger partial charge in [-0.3, -0.25) is 0 Å². The largest absolute Gasteiger partial charge is 0.505 e. The summed E-state index contributed by atoms with van der Waals surface area (Å²) in [6.07, 6.45) is 1.38. The third kappa shape index (κ3) is 7.15. The molecule has 0 aliphatic heterocycles. The van der Waals surface area contributed by atoms with Crippen LogP contribution >= 0.6 is 0 Å². The maximum Gasteiger partial charge on any atom is 0.488 e. The topological polar surface area (TPSA) is 88.0 Å². The molecule has 0 aliphatic rings. The van der Waals surface area contributed by atoms with Crippen molar-refractivity contribution in [3.05, 3.63) is 84.1 Å². The van der Waals surface area contributed by atoms with Crippen LogP contribution in [0.4, 0.5) is 5.69 Å². The number of methoxy groups -OCH3 is 2. The average molecular weight is 437 g/mol. The van der Waals surface area contributed by atoms with E-state index >= 15 is 0 Å². The fourth-order valence-corrected chi connectivity index (χ4v) is 3.10. The lowest BCUT2D eigenvalue weighted by Gasteiger charge is -2.14. The van der Waals surface area contributed by atoms with Gasteiger partial charge in [0.15, 0.2) is 0 Å². The van der Waals surface area contributed by atoms with Gasteiger partial charge in [0.1, 0.15) is 0 Å². The molecule has 3 rings (SSSR count). The highest BCUT2D eigenvalue weighted by atomic mass is 16.5. The van der Waals surface area contributed by atoms with Gasteiger partial charge in [-0.1, -0.05) is 56.8 Å². The number of ether oxygens (including phenoxy) is 2. The van der Waals surface area contributed by atoms with Crippen molar-refractivity contribution in [3.8, 4) is 0 Å². The highest BCUT2D eigenvalue weighted by Gasteiger charge is 2.16. The van der Waals surface area contributed by atoms with Crippen LogP contribution in [0.3, 0.4) is 0 Å². The maximum absolute atomic E-state index is 12.1. The molecule has 3 N–H and O–H groups in total. The van der Waals surface area contributed by atoms with E-state index in [2.05, 4.69) is 16.6 Å². The highest BCUT2D eigenvalue weighted by molar-refractivity contribution is 6.59. The Labute approximate surface area is 190 Å². The van der Waals surface area contributed by atoms with Crippen LogP contribution in [0.15, 0.2) is 67.4 Å². The first-order valence-electron chi connectivity index (χ1n) is 10.4. The zero-order chi connectivity index (χ0) is 24.1. The standard InChI is InChI=1S/C20H20BNO4.C3H6O.C2H6/c1-13-10-16-15(17(11-13)20(23)26-2)7-5-9-19(16)22-12-14-6-3-4-8-18(14)21(24)25;1-3-4-2;1-2/h3-11,22,24-25H,12H2,1-2H3;3H,1H2,2H3;1-2H3. The van der Waals surface area contributed by atoms with Crippen LogP contribution in [-0.2, 0) is 16.0 Å². The summed E-state index contributed by atoms with van der Waals surface area (Å²) in [5.74, 6) is -0.371. The van der Waals surface area contributed by atoms with Crippen LogP contribution in [-0.4, -0.2) is 37.4 Å². The first-order valence-corrected chi connectivity index (χ1v) is 10.4. The molecule has 0 bridgehead atoms. The Balaban J connectivity index is 0.000000769. The average Bonchev–Trinajstić information content (AvgIpc) is 2.83. The predicted molar refractivity (Wildman–Crippen MR) is 132 cm³/mol. The van der Waals surface area contributed by atoms with Crippen LogP contribution < -0.4 is 10.8 Å². The van der Waals surface area contributed by atoms with Gasteiger partial charge in [0, 0.05) is 17.6 Å². The van der Waals surface area contributed by atoms with E-state index in [1.165, 1.54) is 13.4 Å². The number of carbonyl (C=O) groups is 1. The SMILES string of the molecule is C=COC.CC.COC(=O)c1cc(C)cc2c(NCc3ccccc3B(O)O)cccc12. The minimum Gasteiger partial charge on any atom is -0.505 e. The predicted octanol–water partition coefficient (Wildman–Crippen LogP) is 4.03. The normalized spacial score (nSPS) is 9.47. The number of hydrogen-bond donors (Lipinski definition) is 3. The molecule has 3 aromatic carbocycles. The van der Waals surface area contributed by atoms with Gasteiger partial charge in [-0.15, -0.1) is 0 Å². The minimum absolute atomic E-state index is 0.371. The second kappa shape index (κ2) is 13.9. The van der Waals surface area contributed by atoms with Crippen LogP contribution in [0, 0.1) is 6.92 Å². The summed E-state index contributed by atoms with van der Waals surface area (Å²) in [5.41, 5.74) is 3.60. The smallest absolute Gasteiger partial charge is 0.488 e. The van der Waals surface area contributed by atoms with Crippen molar-refractivity contribution in [2.24, 2.45) is 0 Å². The summed E-state index contributed by atoms with van der Waals surface area (Å²) >= 11 is 0. The lowest BCUT2D eigenvalue weighted by atomic mass is 9.77. The molecule has 0 amide bonds. The van der Waals surface area contributed by atoms with E-state index in [-0.39, 0.29) is 5.97 Å². The fourth-order valence-electron chi connectivity index (χ4n) is 3.10. The van der Waals surface area contributed by atoms with Crippen molar-refractivity contribution < 1.29 is 24.3 Å². The molecular formula is C25H32BNO5. The number of hydrogen-bond acceptors (Lipinski definition) is 6. The summed E-state index contributed by atoms with van der Waals surface area (Å²) < 4.78 is 9.20. The Bertz CT molecular complexity index is 1020. The molecule has 7 heteroatoms. The number of fused-ring (bicyclic) bond motifs is 1. The molecule has 6 nitrogen and oxygen atoms in total. The Morgan fingerprint density at radius 2 is 1.72 bits per heavy atom. The Kier molecular flexibility index (Phi) is 11.6. The minimum atomic E-state index is -1.52. The van der Waals surface area contributed by atoms with E-state index in [9.17, 15) is 14.8 Å². The number of benzene rings is 3. The molecule has 0 radical (unpaired) electrons. The quantitative estimate of drug-likeness (QED) is 0.307. The van der Waals surface area contributed by atoms with E-state index < -0.39 is 7.12 Å². The maximum atomic E-state index is 12.1. The lowest BCUT2D eigenvalue weighted by Crippen LogP contribution is -2.33. The van der Waals surface area contributed by atoms with Gasteiger partial charge in [0.25, 0.3) is 0 Å². The summed E-state index contributed by atoms with van der Waals surface area (Å²) in [7, 11) is 1.41. The van der Waals surface area contributed by atoms with E-state index in [0.29, 0.717) is 17.6 Å².